The van der Waals surface area contributed by atoms with E-state index >= 15 is 0 Å². The van der Waals surface area contributed by atoms with Gasteiger partial charge in [0.1, 0.15) is 18.2 Å². The van der Waals surface area contributed by atoms with E-state index in [-0.39, 0.29) is 43.2 Å². The lowest BCUT2D eigenvalue weighted by atomic mass is 10.0. The predicted molar refractivity (Wildman–Crippen MR) is 133 cm³/mol. The van der Waals surface area contributed by atoms with Gasteiger partial charge in [-0.15, -0.1) is 11.3 Å². The SMILES string of the molecule is COCCN(CC(=O)N1CCc2sccc2[C@H]1COc1cccc(F)c1)C(=O)Cc1ccccc1. The molecule has 8 heteroatoms. The molecule has 0 bridgehead atoms. The van der Waals surface area contributed by atoms with Crippen molar-refractivity contribution in [1.29, 1.82) is 0 Å². The maximum Gasteiger partial charge on any atom is 0.242 e. The highest BCUT2D eigenvalue weighted by Gasteiger charge is 2.33. The molecule has 6 nitrogen and oxygen atoms in total. The molecule has 0 N–H and O–H groups in total. The fraction of sp³-hybridized carbons (Fsp3) is 0.333. The van der Waals surface area contributed by atoms with Crippen molar-refractivity contribution < 1.29 is 23.5 Å². The summed E-state index contributed by atoms with van der Waals surface area (Å²) in [6.45, 7) is 1.37. The molecule has 0 radical (unpaired) electrons. The number of rotatable bonds is 10. The van der Waals surface area contributed by atoms with Gasteiger partial charge < -0.3 is 19.3 Å². The lowest BCUT2D eigenvalue weighted by molar-refractivity contribution is -0.142. The molecular formula is C27H29FN2O4S. The summed E-state index contributed by atoms with van der Waals surface area (Å²) in [6, 6.07) is 17.2. The lowest BCUT2D eigenvalue weighted by Gasteiger charge is -2.37. The normalized spacial score (nSPS) is 14.9. The van der Waals surface area contributed by atoms with Crippen LogP contribution in [0.5, 0.6) is 5.75 Å². The Labute approximate surface area is 208 Å². The number of carbonyl (C=O) groups is 2. The second-order valence-corrected chi connectivity index (χ2v) is 9.39. The van der Waals surface area contributed by atoms with Crippen LogP contribution in [0.1, 0.15) is 22.0 Å². The van der Waals surface area contributed by atoms with Gasteiger partial charge in [0.25, 0.3) is 0 Å². The van der Waals surface area contributed by atoms with E-state index in [2.05, 4.69) is 0 Å². The van der Waals surface area contributed by atoms with Crippen molar-refractivity contribution in [2.45, 2.75) is 18.9 Å². The minimum absolute atomic E-state index is 0.0367. The minimum atomic E-state index is -0.374. The monoisotopic (exact) mass is 496 g/mol. The van der Waals surface area contributed by atoms with Crippen molar-refractivity contribution >= 4 is 23.2 Å². The molecule has 4 rings (SSSR count). The van der Waals surface area contributed by atoms with E-state index in [0.29, 0.717) is 25.4 Å². The summed E-state index contributed by atoms with van der Waals surface area (Å²) in [6.07, 6.45) is 0.976. The number of benzene rings is 2. The van der Waals surface area contributed by atoms with Gasteiger partial charge in [-0.2, -0.15) is 0 Å². The first-order valence-corrected chi connectivity index (χ1v) is 12.5. The molecule has 0 spiro atoms. The van der Waals surface area contributed by atoms with E-state index in [1.54, 1.807) is 40.4 Å². The summed E-state index contributed by atoms with van der Waals surface area (Å²) < 4.78 is 24.7. The molecule has 184 valence electrons. The molecule has 1 aliphatic heterocycles. The van der Waals surface area contributed by atoms with E-state index in [9.17, 15) is 14.0 Å². The molecular weight excluding hydrogens is 467 g/mol. The number of ether oxygens (including phenoxy) is 2. The average Bonchev–Trinajstić information content (AvgIpc) is 3.35. The van der Waals surface area contributed by atoms with Gasteiger partial charge >= 0.3 is 0 Å². The van der Waals surface area contributed by atoms with Crippen LogP contribution in [0.3, 0.4) is 0 Å². The number of methoxy groups -OCH3 is 1. The second kappa shape index (κ2) is 12.0. The van der Waals surface area contributed by atoms with Gasteiger partial charge in [-0.1, -0.05) is 36.4 Å². The molecule has 3 aromatic rings. The topological polar surface area (TPSA) is 59.1 Å². The Hall–Kier alpha value is -3.23. The second-order valence-electron chi connectivity index (χ2n) is 8.39. The highest BCUT2D eigenvalue weighted by molar-refractivity contribution is 7.10. The number of thiophene rings is 1. The van der Waals surface area contributed by atoms with Gasteiger partial charge in [0.15, 0.2) is 0 Å². The molecule has 2 heterocycles. The maximum absolute atomic E-state index is 13.6. The standard InChI is InChI=1S/C27H29FN2O4S/c1-33-14-13-29(26(31)16-20-6-3-2-4-7-20)18-27(32)30-12-10-25-23(11-15-35-25)24(30)19-34-22-9-5-8-21(28)17-22/h2-9,11,15,17,24H,10,12-14,16,18-19H2,1H3/t24-/m1/s1. The average molecular weight is 497 g/mol. The van der Waals surface area contributed by atoms with E-state index in [4.69, 9.17) is 9.47 Å². The molecule has 35 heavy (non-hydrogen) atoms. The largest absolute Gasteiger partial charge is 0.491 e. The molecule has 0 fully saturated rings. The Morgan fingerprint density at radius 2 is 1.97 bits per heavy atom. The number of hydrogen-bond acceptors (Lipinski definition) is 5. The Bertz CT molecular complexity index is 1140. The summed E-state index contributed by atoms with van der Waals surface area (Å²) >= 11 is 1.66. The van der Waals surface area contributed by atoms with Crippen molar-refractivity contribution in [1.82, 2.24) is 9.80 Å². The van der Waals surface area contributed by atoms with E-state index < -0.39 is 0 Å². The van der Waals surface area contributed by atoms with Crippen LogP contribution < -0.4 is 4.74 Å². The Kier molecular flexibility index (Phi) is 8.50. The first kappa shape index (κ1) is 24.9. The van der Waals surface area contributed by atoms with Crippen molar-refractivity contribution in [3.05, 3.63) is 87.9 Å². The first-order valence-electron chi connectivity index (χ1n) is 11.6. The number of fused-ring (bicyclic) bond motifs is 1. The van der Waals surface area contributed by atoms with Crippen molar-refractivity contribution in [3.8, 4) is 5.75 Å². The molecule has 0 unspecified atom stereocenters. The van der Waals surface area contributed by atoms with Gasteiger partial charge in [0, 0.05) is 31.1 Å². The summed E-state index contributed by atoms with van der Waals surface area (Å²) in [4.78, 5) is 31.1. The summed E-state index contributed by atoms with van der Waals surface area (Å²) in [5.41, 5.74) is 1.94. The minimum Gasteiger partial charge on any atom is -0.491 e. The zero-order chi connectivity index (χ0) is 24.6. The fourth-order valence-corrected chi connectivity index (χ4v) is 5.16. The lowest BCUT2D eigenvalue weighted by Crippen LogP contribution is -2.48. The number of nitrogens with zero attached hydrogens (tertiary/aromatic N) is 2. The molecule has 2 aromatic carbocycles. The molecule has 0 saturated carbocycles. The van der Waals surface area contributed by atoms with Crippen molar-refractivity contribution in [3.63, 3.8) is 0 Å². The van der Waals surface area contributed by atoms with Gasteiger partial charge in [0.05, 0.1) is 25.6 Å². The fourth-order valence-electron chi connectivity index (χ4n) is 4.24. The summed E-state index contributed by atoms with van der Waals surface area (Å²) in [5.74, 6) is -0.227. The third-order valence-corrected chi connectivity index (χ3v) is 7.06. The number of halogens is 1. The highest BCUT2D eigenvalue weighted by Crippen LogP contribution is 2.34. The number of amides is 2. The van der Waals surface area contributed by atoms with Crippen LogP contribution in [0.25, 0.3) is 0 Å². The molecule has 1 aromatic heterocycles. The quantitative estimate of drug-likeness (QED) is 0.424. The van der Waals surface area contributed by atoms with Gasteiger partial charge in [-0.3, -0.25) is 9.59 Å². The smallest absolute Gasteiger partial charge is 0.242 e. The maximum atomic E-state index is 13.6. The zero-order valence-corrected chi connectivity index (χ0v) is 20.5. The summed E-state index contributed by atoms with van der Waals surface area (Å²) in [5, 5.41) is 2.02. The van der Waals surface area contributed by atoms with Gasteiger partial charge in [-0.05, 0) is 41.1 Å². The number of hydrogen-bond donors (Lipinski definition) is 0. The molecule has 1 atom stereocenters. The van der Waals surface area contributed by atoms with Crippen LogP contribution >= 0.6 is 11.3 Å². The predicted octanol–water partition coefficient (Wildman–Crippen LogP) is 4.11. The Balaban J connectivity index is 1.48. The zero-order valence-electron chi connectivity index (χ0n) is 19.7. The number of carbonyl (C=O) groups excluding carboxylic acids is 2. The molecule has 0 saturated heterocycles. The van der Waals surface area contributed by atoms with Gasteiger partial charge in [0.2, 0.25) is 11.8 Å². The van der Waals surface area contributed by atoms with Crippen molar-refractivity contribution in [2.24, 2.45) is 0 Å². The van der Waals surface area contributed by atoms with E-state index in [1.807, 2.05) is 41.8 Å². The third-order valence-electron chi connectivity index (χ3n) is 6.06. The van der Waals surface area contributed by atoms with Crippen LogP contribution in [0.2, 0.25) is 0 Å². The van der Waals surface area contributed by atoms with Crippen LogP contribution in [0.4, 0.5) is 4.39 Å². The van der Waals surface area contributed by atoms with Gasteiger partial charge in [-0.25, -0.2) is 4.39 Å². The Morgan fingerprint density at radius 3 is 2.74 bits per heavy atom. The molecule has 0 aliphatic carbocycles. The van der Waals surface area contributed by atoms with E-state index in [0.717, 1.165) is 17.5 Å². The molecule has 2 amide bonds. The van der Waals surface area contributed by atoms with Crippen molar-refractivity contribution in [2.75, 3.05) is 40.0 Å². The van der Waals surface area contributed by atoms with E-state index in [1.165, 1.54) is 17.0 Å². The highest BCUT2D eigenvalue weighted by atomic mass is 32.1. The van der Waals surface area contributed by atoms with Crippen LogP contribution in [-0.4, -0.2) is 61.6 Å². The first-order chi connectivity index (χ1) is 17.0. The van der Waals surface area contributed by atoms with Crippen LogP contribution in [0, 0.1) is 5.82 Å². The third kappa shape index (κ3) is 6.46. The molecule has 1 aliphatic rings. The van der Waals surface area contributed by atoms with Crippen LogP contribution in [0.15, 0.2) is 66.0 Å². The van der Waals surface area contributed by atoms with Crippen LogP contribution in [-0.2, 0) is 27.2 Å². The Morgan fingerprint density at radius 1 is 1.14 bits per heavy atom. The summed E-state index contributed by atoms with van der Waals surface area (Å²) in [7, 11) is 1.57.